The van der Waals surface area contributed by atoms with Gasteiger partial charge in [-0.2, -0.15) is 0 Å². The molecule has 5 heteroatoms. The van der Waals surface area contributed by atoms with Crippen LogP contribution in [0.3, 0.4) is 0 Å². The standard InChI is InChI=1S/C14H22N2O2S/c1-11-7-12(2)9-14(8-11)19(17,18)16-10-13-3-5-15-6-4-13/h7-9,13,15-16H,3-6,10H2,1-2H3. The summed E-state index contributed by atoms with van der Waals surface area (Å²) >= 11 is 0. The van der Waals surface area contributed by atoms with Gasteiger partial charge < -0.3 is 5.32 Å². The molecule has 0 saturated carbocycles. The molecular formula is C14H22N2O2S. The lowest BCUT2D eigenvalue weighted by atomic mass is 9.99. The van der Waals surface area contributed by atoms with E-state index < -0.39 is 10.0 Å². The number of nitrogens with one attached hydrogen (secondary N) is 2. The molecule has 0 atom stereocenters. The highest BCUT2D eigenvalue weighted by atomic mass is 32.2. The van der Waals surface area contributed by atoms with Crippen LogP contribution in [0.5, 0.6) is 0 Å². The van der Waals surface area contributed by atoms with Gasteiger partial charge in [0, 0.05) is 6.54 Å². The number of sulfonamides is 1. The average molecular weight is 282 g/mol. The van der Waals surface area contributed by atoms with Gasteiger partial charge in [0.1, 0.15) is 0 Å². The molecule has 0 radical (unpaired) electrons. The Morgan fingerprint density at radius 2 is 1.74 bits per heavy atom. The summed E-state index contributed by atoms with van der Waals surface area (Å²) in [5, 5.41) is 3.28. The van der Waals surface area contributed by atoms with Crippen LogP contribution in [0.2, 0.25) is 0 Å². The van der Waals surface area contributed by atoms with E-state index in [-0.39, 0.29) is 0 Å². The van der Waals surface area contributed by atoms with E-state index in [1.54, 1.807) is 12.1 Å². The molecule has 1 saturated heterocycles. The molecular weight excluding hydrogens is 260 g/mol. The molecule has 19 heavy (non-hydrogen) atoms. The van der Waals surface area contributed by atoms with Crippen molar-refractivity contribution in [1.82, 2.24) is 10.0 Å². The maximum absolute atomic E-state index is 12.3. The van der Waals surface area contributed by atoms with Gasteiger partial charge in [-0.25, -0.2) is 13.1 Å². The summed E-state index contributed by atoms with van der Waals surface area (Å²) in [6, 6.07) is 5.42. The van der Waals surface area contributed by atoms with E-state index in [1.165, 1.54) is 0 Å². The maximum atomic E-state index is 12.3. The fraction of sp³-hybridized carbons (Fsp3) is 0.571. The van der Waals surface area contributed by atoms with Crippen LogP contribution in [0.4, 0.5) is 0 Å². The third kappa shape index (κ3) is 4.03. The van der Waals surface area contributed by atoms with Crippen LogP contribution >= 0.6 is 0 Å². The Morgan fingerprint density at radius 1 is 1.16 bits per heavy atom. The fourth-order valence-corrected chi connectivity index (χ4v) is 3.79. The molecule has 106 valence electrons. The topological polar surface area (TPSA) is 58.2 Å². The predicted molar refractivity (Wildman–Crippen MR) is 76.7 cm³/mol. The van der Waals surface area contributed by atoms with Crippen LogP contribution in [0.1, 0.15) is 24.0 Å². The Morgan fingerprint density at radius 3 is 2.32 bits per heavy atom. The second-order valence-corrected chi connectivity index (χ2v) is 7.14. The second kappa shape index (κ2) is 6.03. The highest BCUT2D eigenvalue weighted by molar-refractivity contribution is 7.89. The van der Waals surface area contributed by atoms with E-state index in [2.05, 4.69) is 10.0 Å². The minimum absolute atomic E-state index is 0.374. The first-order chi connectivity index (χ1) is 8.97. The molecule has 0 spiro atoms. The van der Waals surface area contributed by atoms with Crippen LogP contribution in [0.25, 0.3) is 0 Å². The van der Waals surface area contributed by atoms with Crippen molar-refractivity contribution in [1.29, 1.82) is 0 Å². The highest BCUT2D eigenvalue weighted by Crippen LogP contribution is 2.16. The van der Waals surface area contributed by atoms with Gasteiger partial charge in [-0.15, -0.1) is 0 Å². The molecule has 1 aliphatic heterocycles. The van der Waals surface area contributed by atoms with Crippen LogP contribution in [0.15, 0.2) is 23.1 Å². The first-order valence-electron chi connectivity index (χ1n) is 6.76. The van der Waals surface area contributed by atoms with Crippen molar-refractivity contribution < 1.29 is 8.42 Å². The van der Waals surface area contributed by atoms with E-state index in [0.29, 0.717) is 17.4 Å². The van der Waals surface area contributed by atoms with Gasteiger partial charge in [0.2, 0.25) is 10.0 Å². The molecule has 0 amide bonds. The van der Waals surface area contributed by atoms with E-state index in [0.717, 1.165) is 37.1 Å². The first-order valence-corrected chi connectivity index (χ1v) is 8.24. The molecule has 0 aromatic heterocycles. The van der Waals surface area contributed by atoms with E-state index >= 15 is 0 Å². The van der Waals surface area contributed by atoms with Crippen molar-refractivity contribution in [3.8, 4) is 0 Å². The Labute approximate surface area is 115 Å². The van der Waals surface area contributed by atoms with Gasteiger partial charge in [0.05, 0.1) is 4.90 Å². The molecule has 4 nitrogen and oxygen atoms in total. The number of hydrogen-bond acceptors (Lipinski definition) is 3. The summed E-state index contributed by atoms with van der Waals surface area (Å²) in [5.41, 5.74) is 1.95. The Kier molecular flexibility index (Phi) is 4.60. The van der Waals surface area contributed by atoms with Gasteiger partial charge in [-0.3, -0.25) is 0 Å². The highest BCUT2D eigenvalue weighted by Gasteiger charge is 2.18. The van der Waals surface area contributed by atoms with Gasteiger partial charge in [-0.05, 0) is 69.0 Å². The van der Waals surface area contributed by atoms with Crippen molar-refractivity contribution in [3.63, 3.8) is 0 Å². The number of aryl methyl sites for hydroxylation is 2. The third-order valence-corrected chi connectivity index (χ3v) is 4.93. The lowest BCUT2D eigenvalue weighted by Gasteiger charge is -2.22. The molecule has 1 aliphatic rings. The fourth-order valence-electron chi connectivity index (χ4n) is 2.48. The monoisotopic (exact) mass is 282 g/mol. The van der Waals surface area contributed by atoms with E-state index in [4.69, 9.17) is 0 Å². The SMILES string of the molecule is Cc1cc(C)cc(S(=O)(=O)NCC2CCNCC2)c1. The normalized spacial score (nSPS) is 17.6. The number of rotatable bonds is 4. The average Bonchev–Trinajstić information content (AvgIpc) is 2.37. The van der Waals surface area contributed by atoms with Crippen LogP contribution in [0, 0.1) is 19.8 Å². The summed E-state index contributed by atoms with van der Waals surface area (Å²) < 4.78 is 27.2. The van der Waals surface area contributed by atoms with Crippen molar-refractivity contribution >= 4 is 10.0 Å². The summed E-state index contributed by atoms with van der Waals surface area (Å²) in [6.45, 7) is 6.33. The smallest absolute Gasteiger partial charge is 0.240 e. The summed E-state index contributed by atoms with van der Waals surface area (Å²) in [5.74, 6) is 0.446. The summed E-state index contributed by atoms with van der Waals surface area (Å²) in [7, 11) is -3.38. The Bertz CT molecular complexity index is 514. The maximum Gasteiger partial charge on any atom is 0.240 e. The lowest BCUT2D eigenvalue weighted by molar-refractivity contribution is 0.372. The molecule has 0 bridgehead atoms. The molecule has 1 heterocycles. The lowest BCUT2D eigenvalue weighted by Crippen LogP contribution is -2.36. The van der Waals surface area contributed by atoms with Gasteiger partial charge >= 0.3 is 0 Å². The first kappa shape index (κ1) is 14.5. The Balaban J connectivity index is 2.04. The number of benzene rings is 1. The van der Waals surface area contributed by atoms with Crippen molar-refractivity contribution in [3.05, 3.63) is 29.3 Å². The second-order valence-electron chi connectivity index (χ2n) is 5.37. The van der Waals surface area contributed by atoms with Crippen molar-refractivity contribution in [2.75, 3.05) is 19.6 Å². The molecule has 0 unspecified atom stereocenters. The van der Waals surface area contributed by atoms with Crippen LogP contribution in [-0.2, 0) is 10.0 Å². The molecule has 0 aliphatic carbocycles. The summed E-state index contributed by atoms with van der Waals surface area (Å²) in [6.07, 6.45) is 2.07. The third-order valence-electron chi connectivity index (χ3n) is 3.53. The summed E-state index contributed by atoms with van der Waals surface area (Å²) in [4.78, 5) is 0.374. The number of piperidine rings is 1. The predicted octanol–water partition coefficient (Wildman–Crippen LogP) is 1.58. The van der Waals surface area contributed by atoms with Gasteiger partial charge in [0.25, 0.3) is 0 Å². The zero-order chi connectivity index (χ0) is 13.9. The molecule has 2 rings (SSSR count). The molecule has 1 fully saturated rings. The van der Waals surface area contributed by atoms with Gasteiger partial charge in [0.15, 0.2) is 0 Å². The van der Waals surface area contributed by atoms with E-state index in [9.17, 15) is 8.42 Å². The largest absolute Gasteiger partial charge is 0.317 e. The number of hydrogen-bond donors (Lipinski definition) is 2. The van der Waals surface area contributed by atoms with Crippen molar-refractivity contribution in [2.24, 2.45) is 5.92 Å². The van der Waals surface area contributed by atoms with Crippen LogP contribution in [-0.4, -0.2) is 28.1 Å². The van der Waals surface area contributed by atoms with Crippen LogP contribution < -0.4 is 10.0 Å². The minimum Gasteiger partial charge on any atom is -0.317 e. The molecule has 2 N–H and O–H groups in total. The Hall–Kier alpha value is -0.910. The zero-order valence-electron chi connectivity index (χ0n) is 11.6. The quantitative estimate of drug-likeness (QED) is 0.881. The minimum atomic E-state index is -3.38. The van der Waals surface area contributed by atoms with E-state index in [1.807, 2.05) is 19.9 Å². The van der Waals surface area contributed by atoms with Crippen molar-refractivity contribution in [2.45, 2.75) is 31.6 Å². The molecule has 1 aromatic rings. The van der Waals surface area contributed by atoms with Gasteiger partial charge in [-0.1, -0.05) is 6.07 Å². The zero-order valence-corrected chi connectivity index (χ0v) is 12.4. The molecule has 1 aromatic carbocycles.